The van der Waals surface area contributed by atoms with E-state index in [9.17, 15) is 9.59 Å². The molecular weight excluding hydrogens is 336 g/mol. The molecule has 138 valence electrons. The van der Waals surface area contributed by atoms with Gasteiger partial charge < -0.3 is 20.1 Å². The Hall–Kier alpha value is -0.526. The van der Waals surface area contributed by atoms with Crippen LogP contribution < -0.4 is 0 Å². The van der Waals surface area contributed by atoms with Crippen molar-refractivity contribution in [1.82, 2.24) is 0 Å². The van der Waals surface area contributed by atoms with Crippen LogP contribution in [0.4, 0.5) is 0 Å². The molecule has 0 amide bonds. The molecule has 0 radical (unpaired) electrons. The Morgan fingerprint density at radius 3 is 1.39 bits per heavy atom. The number of carbonyl (C=O) groups excluding carboxylic acids is 2. The Bertz CT molecular complexity index is 243. The van der Waals surface area contributed by atoms with E-state index in [1.54, 1.807) is 41.5 Å². The molecule has 3 N–H and O–H groups in total. The molecule has 0 aliphatic rings. The van der Waals surface area contributed by atoms with Gasteiger partial charge in [-0.25, -0.2) is 0 Å². The SMILES string of the molecule is C=CCOC(=O)CC(C)=O.CC(C)O.CC(C)O.CC(C)O.[Ti]. The molecule has 23 heavy (non-hydrogen) atoms. The van der Waals surface area contributed by atoms with E-state index in [0.717, 1.165) is 0 Å². The standard InChI is InChI=1S/C7H10O3.3C3H8O.Ti/c1-3-4-10-7(9)5-6(2)8;3*1-3(2)4;/h3H,1,4-5H2,2H3;3*3-4H,1-2H3;. The summed E-state index contributed by atoms with van der Waals surface area (Å²) in [7, 11) is 0. The van der Waals surface area contributed by atoms with Gasteiger partial charge in [0.25, 0.3) is 0 Å². The Morgan fingerprint density at radius 2 is 1.22 bits per heavy atom. The fraction of sp³-hybridized carbons (Fsp3) is 0.750. The molecule has 0 spiro atoms. The number of rotatable bonds is 4. The van der Waals surface area contributed by atoms with Gasteiger partial charge in [0.05, 0.1) is 0 Å². The fourth-order valence-corrected chi connectivity index (χ4v) is 0.406. The van der Waals surface area contributed by atoms with Gasteiger partial charge in [-0.3, -0.25) is 9.59 Å². The van der Waals surface area contributed by atoms with Crippen molar-refractivity contribution in [3.8, 4) is 0 Å². The third kappa shape index (κ3) is 146. The summed E-state index contributed by atoms with van der Waals surface area (Å²) < 4.78 is 4.52. The molecule has 7 heteroatoms. The summed E-state index contributed by atoms with van der Waals surface area (Å²) in [5, 5.41) is 24.2. The fourth-order valence-electron chi connectivity index (χ4n) is 0.406. The van der Waals surface area contributed by atoms with Crippen LogP contribution >= 0.6 is 0 Å². The first-order valence-electron chi connectivity index (χ1n) is 7.16. The number of Topliss-reactive ketones (excluding diaryl/α,β-unsaturated/α-hetero) is 1. The van der Waals surface area contributed by atoms with Crippen molar-refractivity contribution >= 4 is 11.8 Å². The molecule has 0 aliphatic heterocycles. The second-order valence-corrected chi connectivity index (χ2v) is 5.13. The van der Waals surface area contributed by atoms with Crippen molar-refractivity contribution in [3.63, 3.8) is 0 Å². The van der Waals surface area contributed by atoms with Crippen LogP contribution in [0.15, 0.2) is 12.7 Å². The molecule has 0 bridgehead atoms. The third-order valence-corrected chi connectivity index (χ3v) is 0.755. The molecule has 0 aliphatic carbocycles. The Morgan fingerprint density at radius 1 is 0.957 bits per heavy atom. The van der Waals surface area contributed by atoms with Gasteiger partial charge >= 0.3 is 5.97 Å². The molecule has 0 aromatic heterocycles. The molecule has 0 atom stereocenters. The maximum Gasteiger partial charge on any atom is 0.313 e. The van der Waals surface area contributed by atoms with E-state index in [1.807, 2.05) is 0 Å². The van der Waals surface area contributed by atoms with Crippen LogP contribution in [0.5, 0.6) is 0 Å². The van der Waals surface area contributed by atoms with E-state index >= 15 is 0 Å². The first-order chi connectivity index (χ1) is 9.86. The number of ether oxygens (including phenoxy) is 1. The van der Waals surface area contributed by atoms with Crippen molar-refractivity contribution < 1.29 is 51.4 Å². The Balaban J connectivity index is -0.0000000700. The maximum absolute atomic E-state index is 10.5. The van der Waals surface area contributed by atoms with Gasteiger partial charge in [-0.2, -0.15) is 0 Å². The predicted octanol–water partition coefficient (Wildman–Crippen LogP) is 1.85. The molecule has 0 aromatic rings. The predicted molar refractivity (Wildman–Crippen MR) is 88.5 cm³/mol. The topological polar surface area (TPSA) is 104 Å². The third-order valence-electron chi connectivity index (χ3n) is 0.755. The molecule has 0 fully saturated rings. The molecule has 0 heterocycles. The minimum Gasteiger partial charge on any atom is -0.461 e. The minimum atomic E-state index is -0.493. The van der Waals surface area contributed by atoms with Gasteiger partial charge in [0, 0.05) is 40.0 Å². The number of carbonyl (C=O) groups is 2. The number of hydrogen-bond acceptors (Lipinski definition) is 6. The van der Waals surface area contributed by atoms with Crippen molar-refractivity contribution in [2.75, 3.05) is 6.61 Å². The minimum absolute atomic E-state index is 0. The number of hydrogen-bond donors (Lipinski definition) is 3. The van der Waals surface area contributed by atoms with Crippen LogP contribution in [0, 0.1) is 0 Å². The molecule has 0 saturated heterocycles. The van der Waals surface area contributed by atoms with Crippen LogP contribution in [0.3, 0.4) is 0 Å². The number of aliphatic hydroxyl groups excluding tert-OH is 3. The molecule has 0 saturated carbocycles. The van der Waals surface area contributed by atoms with E-state index in [-0.39, 0.29) is 58.8 Å². The van der Waals surface area contributed by atoms with Gasteiger partial charge in [0.2, 0.25) is 0 Å². The summed E-state index contributed by atoms with van der Waals surface area (Å²) in [6.07, 6.45) is 0.811. The summed E-state index contributed by atoms with van der Waals surface area (Å²) in [5.41, 5.74) is 0. The monoisotopic (exact) mass is 370 g/mol. The van der Waals surface area contributed by atoms with Gasteiger partial charge in [-0.05, 0) is 48.5 Å². The molecule has 0 unspecified atom stereocenters. The van der Waals surface area contributed by atoms with E-state index in [0.29, 0.717) is 0 Å². The second-order valence-electron chi connectivity index (χ2n) is 5.13. The zero-order chi connectivity index (χ0) is 18.7. The van der Waals surface area contributed by atoms with Crippen LogP contribution in [0.2, 0.25) is 0 Å². The number of aliphatic hydroxyl groups is 3. The molecule has 0 rings (SSSR count). The van der Waals surface area contributed by atoms with Gasteiger partial charge in [-0.1, -0.05) is 12.7 Å². The zero-order valence-corrected chi connectivity index (χ0v) is 17.1. The normalized spacial score (nSPS) is 8.39. The van der Waals surface area contributed by atoms with E-state index in [2.05, 4.69) is 11.3 Å². The molecule has 0 aromatic carbocycles. The maximum atomic E-state index is 10.5. The van der Waals surface area contributed by atoms with Crippen molar-refractivity contribution in [3.05, 3.63) is 12.7 Å². The summed E-state index contributed by atoms with van der Waals surface area (Å²) >= 11 is 0. The Kier molecular flexibility index (Phi) is 38.9. The van der Waals surface area contributed by atoms with E-state index in [1.165, 1.54) is 13.0 Å². The molecule has 6 nitrogen and oxygen atoms in total. The largest absolute Gasteiger partial charge is 0.461 e. The summed E-state index contributed by atoms with van der Waals surface area (Å²) in [6.45, 7) is 15.2. The number of ketones is 1. The first-order valence-corrected chi connectivity index (χ1v) is 7.16. The van der Waals surface area contributed by atoms with Gasteiger partial charge in [0.15, 0.2) is 0 Å². The summed E-state index contributed by atoms with van der Waals surface area (Å²) in [6, 6.07) is 0. The van der Waals surface area contributed by atoms with Crippen molar-refractivity contribution in [2.24, 2.45) is 0 Å². The van der Waals surface area contributed by atoms with Crippen LogP contribution in [0.25, 0.3) is 0 Å². The van der Waals surface area contributed by atoms with Gasteiger partial charge in [-0.15, -0.1) is 0 Å². The zero-order valence-electron chi connectivity index (χ0n) is 15.5. The van der Waals surface area contributed by atoms with Crippen LogP contribution in [-0.2, 0) is 36.0 Å². The Labute approximate surface area is 155 Å². The van der Waals surface area contributed by atoms with Crippen LogP contribution in [-0.4, -0.2) is 52.0 Å². The van der Waals surface area contributed by atoms with Crippen LogP contribution in [0.1, 0.15) is 54.9 Å². The number of esters is 1. The van der Waals surface area contributed by atoms with Crippen molar-refractivity contribution in [1.29, 1.82) is 0 Å². The smallest absolute Gasteiger partial charge is 0.313 e. The summed E-state index contributed by atoms with van der Waals surface area (Å²) in [4.78, 5) is 20.8. The quantitative estimate of drug-likeness (QED) is 0.302. The second kappa shape index (κ2) is 26.4. The molecular formula is C16H34O6Ti. The first kappa shape index (κ1) is 33.9. The van der Waals surface area contributed by atoms with E-state index < -0.39 is 5.97 Å². The van der Waals surface area contributed by atoms with Gasteiger partial charge in [0.1, 0.15) is 18.8 Å². The van der Waals surface area contributed by atoms with E-state index in [4.69, 9.17) is 15.3 Å². The average Bonchev–Trinajstić information content (AvgIpc) is 2.22. The summed E-state index contributed by atoms with van der Waals surface area (Å²) in [5.74, 6) is -0.679. The average molecular weight is 370 g/mol. The van der Waals surface area contributed by atoms with Crippen molar-refractivity contribution in [2.45, 2.75) is 73.2 Å².